The average Bonchev–Trinajstić information content (AvgIpc) is 3.27. The molecule has 0 spiro atoms. The number of nitrogens with one attached hydrogen (secondary N) is 1. The molecule has 1 N–H and O–H groups in total. The third-order valence-electron chi connectivity index (χ3n) is 6.77. The predicted octanol–water partition coefficient (Wildman–Crippen LogP) is 5.33. The number of H-pyrrole nitrogens is 1. The summed E-state index contributed by atoms with van der Waals surface area (Å²) >= 11 is 0. The molecule has 180 valence electrons. The van der Waals surface area contributed by atoms with Crippen LogP contribution in [-0.4, -0.2) is 41.5 Å². The van der Waals surface area contributed by atoms with E-state index in [-0.39, 0.29) is 24.2 Å². The number of halogens is 2. The summed E-state index contributed by atoms with van der Waals surface area (Å²) < 4.78 is 33.7. The molecule has 1 fully saturated rings. The van der Waals surface area contributed by atoms with Gasteiger partial charge in [-0.25, -0.2) is 8.78 Å². The fraction of sp³-hybridized carbons (Fsp3) is 0.407. The summed E-state index contributed by atoms with van der Waals surface area (Å²) in [6.07, 6.45) is 3.81. The highest BCUT2D eigenvalue weighted by Crippen LogP contribution is 2.36. The van der Waals surface area contributed by atoms with E-state index in [2.05, 4.69) is 11.9 Å². The van der Waals surface area contributed by atoms with Crippen molar-refractivity contribution in [3.8, 4) is 0 Å². The Kier molecular flexibility index (Phi) is 7.29. The topological polar surface area (TPSA) is 62.4 Å². The van der Waals surface area contributed by atoms with Gasteiger partial charge in [0.15, 0.2) is 0 Å². The van der Waals surface area contributed by atoms with E-state index in [0.717, 1.165) is 34.5 Å². The van der Waals surface area contributed by atoms with E-state index in [0.29, 0.717) is 38.1 Å². The summed E-state index contributed by atoms with van der Waals surface area (Å²) in [7, 11) is 0. The lowest BCUT2D eigenvalue weighted by Crippen LogP contribution is -2.41. The van der Waals surface area contributed by atoms with Gasteiger partial charge in [-0.3, -0.25) is 9.59 Å². The second-order valence-electron chi connectivity index (χ2n) is 8.77. The lowest BCUT2D eigenvalue weighted by atomic mass is 9.86. The molecule has 1 amide bonds. The molecule has 3 aromatic rings. The van der Waals surface area contributed by atoms with Gasteiger partial charge in [-0.15, -0.1) is 0 Å². The summed E-state index contributed by atoms with van der Waals surface area (Å²) in [4.78, 5) is 30.4. The number of nitrogens with zero attached hydrogens (tertiary/aromatic N) is 1. The number of piperidine rings is 1. The number of aromatic nitrogens is 1. The highest BCUT2D eigenvalue weighted by Gasteiger charge is 2.31. The smallest absolute Gasteiger partial charge is 0.309 e. The van der Waals surface area contributed by atoms with Crippen molar-refractivity contribution in [2.75, 3.05) is 19.7 Å². The van der Waals surface area contributed by atoms with Gasteiger partial charge < -0.3 is 14.6 Å². The van der Waals surface area contributed by atoms with Crippen LogP contribution < -0.4 is 0 Å². The normalized spacial score (nSPS) is 15.5. The van der Waals surface area contributed by atoms with Crippen molar-refractivity contribution in [3.63, 3.8) is 0 Å². The van der Waals surface area contributed by atoms with E-state index in [4.69, 9.17) is 4.74 Å². The van der Waals surface area contributed by atoms with Crippen molar-refractivity contribution in [1.29, 1.82) is 0 Å². The minimum absolute atomic E-state index is 0.0515. The zero-order valence-corrected chi connectivity index (χ0v) is 19.6. The van der Waals surface area contributed by atoms with E-state index in [1.807, 2.05) is 24.4 Å². The monoisotopic (exact) mass is 468 g/mol. The second-order valence-corrected chi connectivity index (χ2v) is 8.77. The van der Waals surface area contributed by atoms with Gasteiger partial charge >= 0.3 is 5.97 Å². The second kappa shape index (κ2) is 10.4. The molecule has 0 radical (unpaired) electrons. The van der Waals surface area contributed by atoms with Crippen LogP contribution >= 0.6 is 0 Å². The zero-order valence-electron chi connectivity index (χ0n) is 19.6. The Hall–Kier alpha value is -3.22. The Morgan fingerprint density at radius 3 is 2.56 bits per heavy atom. The molecule has 34 heavy (non-hydrogen) atoms. The maximum atomic E-state index is 14.9. The van der Waals surface area contributed by atoms with Gasteiger partial charge in [-0.1, -0.05) is 31.2 Å². The van der Waals surface area contributed by atoms with Crippen LogP contribution in [0.4, 0.5) is 8.78 Å². The molecule has 1 aliphatic rings. The molecule has 2 aromatic carbocycles. The molecule has 4 rings (SSSR count). The third-order valence-corrected chi connectivity index (χ3v) is 6.77. The number of rotatable bonds is 7. The van der Waals surface area contributed by atoms with Crippen molar-refractivity contribution >= 4 is 22.8 Å². The number of fused-ring (bicyclic) bond motifs is 1. The number of carbonyl (C=O) groups is 2. The number of aromatic amines is 1. The molecule has 0 saturated carbocycles. The van der Waals surface area contributed by atoms with Gasteiger partial charge in [0.2, 0.25) is 5.91 Å². The minimum Gasteiger partial charge on any atom is -0.466 e. The maximum absolute atomic E-state index is 14.9. The van der Waals surface area contributed by atoms with Crippen LogP contribution in [-0.2, 0) is 20.7 Å². The predicted molar refractivity (Wildman–Crippen MR) is 126 cm³/mol. The van der Waals surface area contributed by atoms with Crippen LogP contribution in [0.1, 0.15) is 55.7 Å². The van der Waals surface area contributed by atoms with Gasteiger partial charge in [0, 0.05) is 48.6 Å². The Bertz CT molecular complexity index is 1180. The SMILES string of the molecule is CCOC(=O)C1CCN(C(=O)CC(c2ccc(F)cc2F)c2c[nH]c3c(CC)cccc23)CC1. The van der Waals surface area contributed by atoms with E-state index in [9.17, 15) is 18.4 Å². The minimum atomic E-state index is -0.667. The number of aryl methyl sites for hydroxylation is 1. The number of ether oxygens (including phenoxy) is 1. The van der Waals surface area contributed by atoms with Gasteiger partial charge in [0.1, 0.15) is 11.6 Å². The number of likely N-dealkylation sites (tertiary alicyclic amines) is 1. The van der Waals surface area contributed by atoms with Crippen molar-refractivity contribution in [3.05, 3.63) is 70.9 Å². The fourth-order valence-corrected chi connectivity index (χ4v) is 4.92. The lowest BCUT2D eigenvalue weighted by Gasteiger charge is -2.32. The third kappa shape index (κ3) is 4.83. The van der Waals surface area contributed by atoms with E-state index >= 15 is 0 Å². The first kappa shape index (κ1) is 23.9. The molecule has 1 unspecified atom stereocenters. The summed E-state index contributed by atoms with van der Waals surface area (Å²) in [5.74, 6) is -2.42. The first-order chi connectivity index (χ1) is 16.4. The molecule has 0 aliphatic carbocycles. The van der Waals surface area contributed by atoms with Crippen LogP contribution in [0, 0.1) is 17.6 Å². The Morgan fingerprint density at radius 2 is 1.88 bits per heavy atom. The zero-order chi connectivity index (χ0) is 24.2. The number of para-hydroxylation sites is 1. The first-order valence-electron chi connectivity index (χ1n) is 11.9. The summed E-state index contributed by atoms with van der Waals surface area (Å²) in [5.41, 5.74) is 3.20. The van der Waals surface area contributed by atoms with Crippen LogP contribution in [0.25, 0.3) is 10.9 Å². The number of benzene rings is 2. The standard InChI is InChI=1S/C27H30F2N2O3/c1-3-17-6-5-7-21-23(16-30-26(17)21)22(20-9-8-19(28)14-24(20)29)15-25(32)31-12-10-18(11-13-31)27(33)34-4-2/h5-9,14,16,18,22,30H,3-4,10-13,15H2,1-2H3. The molecule has 2 heterocycles. The van der Waals surface area contributed by atoms with Crippen molar-refractivity contribution in [2.24, 2.45) is 5.92 Å². The van der Waals surface area contributed by atoms with E-state index in [1.165, 1.54) is 12.1 Å². The quantitative estimate of drug-likeness (QED) is 0.477. The van der Waals surface area contributed by atoms with Crippen molar-refractivity contribution in [2.45, 2.75) is 45.4 Å². The summed E-state index contributed by atoms with van der Waals surface area (Å²) in [6, 6.07) is 9.48. The number of amides is 1. The first-order valence-corrected chi connectivity index (χ1v) is 11.9. The Morgan fingerprint density at radius 1 is 1.12 bits per heavy atom. The molecular formula is C27H30F2N2O3. The molecule has 1 aromatic heterocycles. The molecule has 1 aliphatic heterocycles. The highest BCUT2D eigenvalue weighted by molar-refractivity contribution is 5.88. The summed E-state index contributed by atoms with van der Waals surface area (Å²) in [6.45, 7) is 5.09. The average molecular weight is 469 g/mol. The molecule has 5 nitrogen and oxygen atoms in total. The number of hydrogen-bond acceptors (Lipinski definition) is 3. The van der Waals surface area contributed by atoms with Crippen LogP contribution in [0.2, 0.25) is 0 Å². The molecule has 1 saturated heterocycles. The largest absolute Gasteiger partial charge is 0.466 e. The Balaban J connectivity index is 1.62. The van der Waals surface area contributed by atoms with Crippen LogP contribution in [0.15, 0.2) is 42.6 Å². The molecular weight excluding hydrogens is 438 g/mol. The maximum Gasteiger partial charge on any atom is 0.309 e. The molecule has 0 bridgehead atoms. The lowest BCUT2D eigenvalue weighted by molar-refractivity contribution is -0.151. The van der Waals surface area contributed by atoms with Gasteiger partial charge in [-0.05, 0) is 48.9 Å². The Labute approximate surface area is 198 Å². The van der Waals surface area contributed by atoms with Crippen molar-refractivity contribution in [1.82, 2.24) is 9.88 Å². The van der Waals surface area contributed by atoms with Crippen molar-refractivity contribution < 1.29 is 23.1 Å². The molecule has 7 heteroatoms. The van der Waals surface area contributed by atoms with Gasteiger partial charge in [-0.2, -0.15) is 0 Å². The van der Waals surface area contributed by atoms with Crippen LogP contribution in [0.3, 0.4) is 0 Å². The summed E-state index contributed by atoms with van der Waals surface area (Å²) in [5, 5.41) is 0.932. The number of esters is 1. The van der Waals surface area contributed by atoms with Crippen LogP contribution in [0.5, 0.6) is 0 Å². The highest BCUT2D eigenvalue weighted by atomic mass is 19.1. The number of carbonyl (C=O) groups excluding carboxylic acids is 2. The van der Waals surface area contributed by atoms with E-state index in [1.54, 1.807) is 11.8 Å². The fourth-order valence-electron chi connectivity index (χ4n) is 4.92. The van der Waals surface area contributed by atoms with Gasteiger partial charge in [0.25, 0.3) is 0 Å². The number of hydrogen-bond donors (Lipinski definition) is 1. The molecule has 1 atom stereocenters. The van der Waals surface area contributed by atoms with E-state index < -0.39 is 17.6 Å². The van der Waals surface area contributed by atoms with Gasteiger partial charge in [0.05, 0.1) is 12.5 Å².